The number of hydrogen-bond donors (Lipinski definition) is 1. The van der Waals surface area contributed by atoms with Gasteiger partial charge in [-0.25, -0.2) is 4.39 Å². The van der Waals surface area contributed by atoms with Crippen LogP contribution in [0.2, 0.25) is 0 Å². The van der Waals surface area contributed by atoms with Crippen molar-refractivity contribution >= 4 is 11.3 Å². The van der Waals surface area contributed by atoms with Crippen molar-refractivity contribution in [3.63, 3.8) is 0 Å². The summed E-state index contributed by atoms with van der Waals surface area (Å²) in [7, 11) is 0. The maximum absolute atomic E-state index is 13.8. The van der Waals surface area contributed by atoms with E-state index in [1.165, 1.54) is 16.5 Å². The number of nitrogens with zero attached hydrogens (tertiary/aromatic N) is 1. The van der Waals surface area contributed by atoms with Crippen molar-refractivity contribution in [2.24, 2.45) is 5.73 Å². The van der Waals surface area contributed by atoms with Gasteiger partial charge in [-0.2, -0.15) is 0 Å². The van der Waals surface area contributed by atoms with Crippen LogP contribution in [0.4, 0.5) is 4.39 Å². The molecule has 2 nitrogen and oxygen atoms in total. The summed E-state index contributed by atoms with van der Waals surface area (Å²) in [5, 5.41) is 2.14. The minimum absolute atomic E-state index is 0.131. The van der Waals surface area contributed by atoms with Gasteiger partial charge in [-0.1, -0.05) is 12.1 Å². The van der Waals surface area contributed by atoms with E-state index in [0.29, 0.717) is 13.1 Å². The van der Waals surface area contributed by atoms with Crippen LogP contribution in [0.25, 0.3) is 0 Å². The van der Waals surface area contributed by atoms with Gasteiger partial charge in [0.2, 0.25) is 0 Å². The molecule has 1 aromatic carbocycles. The van der Waals surface area contributed by atoms with E-state index in [9.17, 15) is 4.39 Å². The highest BCUT2D eigenvalue weighted by Gasteiger charge is 2.18. The summed E-state index contributed by atoms with van der Waals surface area (Å²) >= 11 is 1.83. The van der Waals surface area contributed by atoms with E-state index >= 15 is 0 Å². The highest BCUT2D eigenvalue weighted by molar-refractivity contribution is 7.10. The molecule has 0 aliphatic carbocycles. The van der Waals surface area contributed by atoms with Crippen molar-refractivity contribution in [3.05, 3.63) is 57.0 Å². The van der Waals surface area contributed by atoms with E-state index in [2.05, 4.69) is 16.3 Å². The molecular formula is C15H17FN2S. The second kappa shape index (κ2) is 5.41. The summed E-state index contributed by atoms with van der Waals surface area (Å²) in [5.41, 5.74) is 8.75. The average molecular weight is 276 g/mol. The van der Waals surface area contributed by atoms with Crippen molar-refractivity contribution in [2.75, 3.05) is 6.54 Å². The van der Waals surface area contributed by atoms with Crippen LogP contribution < -0.4 is 5.73 Å². The van der Waals surface area contributed by atoms with Crippen molar-refractivity contribution in [1.29, 1.82) is 0 Å². The number of rotatable bonds is 3. The molecule has 0 atom stereocenters. The molecule has 0 amide bonds. The van der Waals surface area contributed by atoms with Crippen LogP contribution in [0.5, 0.6) is 0 Å². The van der Waals surface area contributed by atoms with Crippen LogP contribution >= 0.6 is 11.3 Å². The lowest BCUT2D eigenvalue weighted by Gasteiger charge is -2.27. The third kappa shape index (κ3) is 2.71. The lowest BCUT2D eigenvalue weighted by Crippen LogP contribution is -2.29. The fourth-order valence-electron chi connectivity index (χ4n) is 2.56. The standard InChI is InChI=1S/C15H17FN2S/c16-14-2-1-11(8-17)7-13(14)10-18-5-3-15-12(9-18)4-6-19-15/h1-2,4,6-7H,3,5,8-10,17H2. The van der Waals surface area contributed by atoms with Crippen molar-refractivity contribution in [3.8, 4) is 0 Å². The minimum atomic E-state index is -0.131. The highest BCUT2D eigenvalue weighted by atomic mass is 32.1. The molecule has 2 N–H and O–H groups in total. The average Bonchev–Trinajstić information content (AvgIpc) is 2.89. The molecule has 0 saturated carbocycles. The molecular weight excluding hydrogens is 259 g/mol. The second-order valence-electron chi connectivity index (χ2n) is 4.96. The Morgan fingerprint density at radius 1 is 1.32 bits per heavy atom. The zero-order valence-electron chi connectivity index (χ0n) is 10.7. The van der Waals surface area contributed by atoms with Gasteiger partial charge in [0.25, 0.3) is 0 Å². The SMILES string of the molecule is NCc1ccc(F)c(CN2CCc3sccc3C2)c1. The second-order valence-corrected chi connectivity index (χ2v) is 5.96. The topological polar surface area (TPSA) is 29.3 Å². The molecule has 3 rings (SSSR count). The maximum atomic E-state index is 13.8. The van der Waals surface area contributed by atoms with Gasteiger partial charge in [0, 0.05) is 36.6 Å². The van der Waals surface area contributed by atoms with Gasteiger partial charge in [-0.05, 0) is 35.1 Å². The maximum Gasteiger partial charge on any atom is 0.127 e. The largest absolute Gasteiger partial charge is 0.326 e. The number of fused-ring (bicyclic) bond motifs is 1. The summed E-state index contributed by atoms with van der Waals surface area (Å²) in [6.45, 7) is 3.04. The predicted molar refractivity (Wildman–Crippen MR) is 76.4 cm³/mol. The third-order valence-corrected chi connectivity index (χ3v) is 4.65. The molecule has 1 aliphatic rings. The van der Waals surface area contributed by atoms with Crippen LogP contribution in [-0.2, 0) is 26.1 Å². The Balaban J connectivity index is 1.76. The summed E-state index contributed by atoms with van der Waals surface area (Å²) in [5.74, 6) is -0.131. The summed E-state index contributed by atoms with van der Waals surface area (Å²) in [6.07, 6.45) is 1.07. The van der Waals surface area contributed by atoms with Crippen LogP contribution in [-0.4, -0.2) is 11.4 Å². The smallest absolute Gasteiger partial charge is 0.127 e. The van der Waals surface area contributed by atoms with E-state index in [-0.39, 0.29) is 5.82 Å². The molecule has 0 fully saturated rings. The molecule has 19 heavy (non-hydrogen) atoms. The van der Waals surface area contributed by atoms with Gasteiger partial charge >= 0.3 is 0 Å². The summed E-state index contributed by atoms with van der Waals surface area (Å²) in [6, 6.07) is 7.35. The fourth-order valence-corrected chi connectivity index (χ4v) is 3.45. The Labute approximate surface area is 116 Å². The Morgan fingerprint density at radius 2 is 2.21 bits per heavy atom. The summed E-state index contributed by atoms with van der Waals surface area (Å²) < 4.78 is 13.8. The predicted octanol–water partition coefficient (Wildman–Crippen LogP) is 2.90. The zero-order valence-corrected chi connectivity index (χ0v) is 11.5. The molecule has 0 unspecified atom stereocenters. The van der Waals surface area contributed by atoms with E-state index in [0.717, 1.165) is 30.6 Å². The first-order chi connectivity index (χ1) is 9.26. The Hall–Kier alpha value is -1.23. The van der Waals surface area contributed by atoms with Gasteiger partial charge in [0.15, 0.2) is 0 Å². The number of nitrogens with two attached hydrogens (primary N) is 1. The Kier molecular flexibility index (Phi) is 3.64. The first-order valence-electron chi connectivity index (χ1n) is 6.51. The van der Waals surface area contributed by atoms with Gasteiger partial charge in [-0.3, -0.25) is 4.90 Å². The first kappa shape index (κ1) is 12.8. The molecule has 0 radical (unpaired) electrons. The first-order valence-corrected chi connectivity index (χ1v) is 7.39. The molecule has 2 heterocycles. The van der Waals surface area contributed by atoms with Crippen molar-refractivity contribution in [1.82, 2.24) is 4.90 Å². The van der Waals surface area contributed by atoms with E-state index in [4.69, 9.17) is 5.73 Å². The number of halogens is 1. The van der Waals surface area contributed by atoms with E-state index < -0.39 is 0 Å². The van der Waals surface area contributed by atoms with Crippen LogP contribution in [0, 0.1) is 5.82 Å². The van der Waals surface area contributed by atoms with Crippen LogP contribution in [0.15, 0.2) is 29.6 Å². The molecule has 2 aromatic rings. The summed E-state index contributed by atoms with van der Waals surface area (Å²) in [4.78, 5) is 3.78. The lowest BCUT2D eigenvalue weighted by atomic mass is 10.1. The van der Waals surface area contributed by atoms with Gasteiger partial charge < -0.3 is 5.73 Å². The number of hydrogen-bond acceptors (Lipinski definition) is 3. The van der Waals surface area contributed by atoms with Gasteiger partial charge in [0.1, 0.15) is 5.82 Å². The molecule has 0 bridgehead atoms. The monoisotopic (exact) mass is 276 g/mol. The lowest BCUT2D eigenvalue weighted by molar-refractivity contribution is 0.244. The van der Waals surface area contributed by atoms with E-state index in [1.807, 2.05) is 17.4 Å². The normalized spacial score (nSPS) is 15.5. The molecule has 0 spiro atoms. The molecule has 100 valence electrons. The third-order valence-electron chi connectivity index (χ3n) is 3.63. The Bertz CT molecular complexity index is 579. The quantitative estimate of drug-likeness (QED) is 0.934. The minimum Gasteiger partial charge on any atom is -0.326 e. The van der Waals surface area contributed by atoms with E-state index in [1.54, 1.807) is 6.07 Å². The van der Waals surface area contributed by atoms with Crippen molar-refractivity contribution < 1.29 is 4.39 Å². The molecule has 1 aliphatic heterocycles. The van der Waals surface area contributed by atoms with Crippen LogP contribution in [0.3, 0.4) is 0 Å². The molecule has 4 heteroatoms. The molecule has 0 saturated heterocycles. The zero-order chi connectivity index (χ0) is 13.2. The number of benzene rings is 1. The van der Waals surface area contributed by atoms with Crippen LogP contribution in [0.1, 0.15) is 21.6 Å². The van der Waals surface area contributed by atoms with Gasteiger partial charge in [0.05, 0.1) is 0 Å². The Morgan fingerprint density at radius 3 is 3.05 bits per heavy atom. The van der Waals surface area contributed by atoms with Crippen molar-refractivity contribution in [2.45, 2.75) is 26.1 Å². The highest BCUT2D eigenvalue weighted by Crippen LogP contribution is 2.25. The van der Waals surface area contributed by atoms with Gasteiger partial charge in [-0.15, -0.1) is 11.3 Å². The number of thiophene rings is 1. The fraction of sp³-hybridized carbons (Fsp3) is 0.333. The molecule has 1 aromatic heterocycles.